The third kappa shape index (κ3) is 8.83. The van der Waals surface area contributed by atoms with Gasteiger partial charge in [-0.15, -0.1) is 24.0 Å². The number of hydrogen-bond acceptors (Lipinski definition) is 3. The van der Waals surface area contributed by atoms with E-state index in [-0.39, 0.29) is 36.5 Å². The van der Waals surface area contributed by atoms with Gasteiger partial charge in [0.05, 0.1) is 0 Å². The van der Waals surface area contributed by atoms with E-state index in [1.807, 2.05) is 6.92 Å². The molecule has 0 spiro atoms. The lowest BCUT2D eigenvalue weighted by Crippen LogP contribution is -2.48. The van der Waals surface area contributed by atoms with Crippen LogP contribution in [0, 0.1) is 5.92 Å². The molecule has 1 saturated heterocycles. The third-order valence-electron chi connectivity index (χ3n) is 3.69. The first-order valence-electron chi connectivity index (χ1n) is 8.07. The minimum atomic E-state index is 0. The summed E-state index contributed by atoms with van der Waals surface area (Å²) < 4.78 is 0. The van der Waals surface area contributed by atoms with Crippen molar-refractivity contribution in [3.63, 3.8) is 0 Å². The number of halogens is 1. The first kappa shape index (κ1) is 20.9. The number of likely N-dealkylation sites (tertiary alicyclic amines) is 1. The van der Waals surface area contributed by atoms with Gasteiger partial charge in [-0.3, -0.25) is 4.99 Å². The van der Waals surface area contributed by atoms with E-state index in [0.29, 0.717) is 12.6 Å². The quantitative estimate of drug-likeness (QED) is 0.338. The van der Waals surface area contributed by atoms with Gasteiger partial charge >= 0.3 is 0 Å². The van der Waals surface area contributed by atoms with E-state index in [9.17, 15) is 0 Å². The van der Waals surface area contributed by atoms with E-state index in [2.05, 4.69) is 34.4 Å². The Bertz CT molecular complexity index is 281. The van der Waals surface area contributed by atoms with Crippen LogP contribution in [-0.2, 0) is 0 Å². The topological polar surface area (TPSA) is 59.9 Å². The van der Waals surface area contributed by atoms with Crippen molar-refractivity contribution >= 4 is 29.9 Å². The summed E-state index contributed by atoms with van der Waals surface area (Å²) in [6.45, 7) is 11.6. The molecule has 1 atom stereocenters. The van der Waals surface area contributed by atoms with Crippen LogP contribution in [0.3, 0.4) is 0 Å². The second kappa shape index (κ2) is 12.5. The fourth-order valence-corrected chi connectivity index (χ4v) is 2.44. The Morgan fingerprint density at radius 3 is 2.52 bits per heavy atom. The number of hydrogen-bond donors (Lipinski definition) is 3. The molecular weight excluding hydrogens is 379 g/mol. The molecule has 0 aromatic carbocycles. The van der Waals surface area contributed by atoms with Gasteiger partial charge in [0.25, 0.3) is 0 Å². The number of aliphatic imine (C=N–C) groups is 1. The predicted molar refractivity (Wildman–Crippen MR) is 101 cm³/mol. The number of aliphatic hydroxyl groups is 1. The second-order valence-corrected chi connectivity index (χ2v) is 5.77. The summed E-state index contributed by atoms with van der Waals surface area (Å²) >= 11 is 0. The number of aliphatic hydroxyl groups excluding tert-OH is 1. The van der Waals surface area contributed by atoms with Gasteiger partial charge in [0.15, 0.2) is 5.96 Å². The number of guanidine groups is 1. The largest absolute Gasteiger partial charge is 0.396 e. The van der Waals surface area contributed by atoms with Crippen LogP contribution in [0.25, 0.3) is 0 Å². The molecule has 5 nitrogen and oxygen atoms in total. The highest BCUT2D eigenvalue weighted by Gasteiger charge is 2.19. The molecule has 21 heavy (non-hydrogen) atoms. The number of nitrogens with one attached hydrogen (secondary N) is 2. The van der Waals surface area contributed by atoms with Gasteiger partial charge in [-0.05, 0) is 38.6 Å². The lowest BCUT2D eigenvalue weighted by molar-refractivity contribution is 0.206. The Balaban J connectivity index is 0.00000400. The van der Waals surface area contributed by atoms with E-state index in [1.54, 1.807) is 0 Å². The standard InChI is InChI=1S/C15H32N4O.HI/c1-4-8-19-9-6-14(7-10-19)18-15(16-5-2)17-11-13(3)12-20;/h13-14,20H,4-12H2,1-3H3,(H2,16,17,18);1H. The second-order valence-electron chi connectivity index (χ2n) is 5.77. The maximum absolute atomic E-state index is 9.06. The molecule has 1 unspecified atom stereocenters. The summed E-state index contributed by atoms with van der Waals surface area (Å²) in [6, 6.07) is 0.519. The van der Waals surface area contributed by atoms with Gasteiger partial charge in [-0.1, -0.05) is 13.8 Å². The molecule has 1 fully saturated rings. The van der Waals surface area contributed by atoms with E-state index >= 15 is 0 Å². The van der Waals surface area contributed by atoms with Crippen LogP contribution in [0.5, 0.6) is 0 Å². The summed E-state index contributed by atoms with van der Waals surface area (Å²) in [7, 11) is 0. The Morgan fingerprint density at radius 2 is 2.00 bits per heavy atom. The minimum Gasteiger partial charge on any atom is -0.396 e. The molecule has 0 aliphatic carbocycles. The smallest absolute Gasteiger partial charge is 0.191 e. The Morgan fingerprint density at radius 1 is 1.33 bits per heavy atom. The van der Waals surface area contributed by atoms with Crippen LogP contribution < -0.4 is 10.6 Å². The molecule has 1 aliphatic heterocycles. The van der Waals surface area contributed by atoms with Crippen molar-refractivity contribution in [1.82, 2.24) is 15.5 Å². The van der Waals surface area contributed by atoms with Gasteiger partial charge in [0.1, 0.15) is 0 Å². The van der Waals surface area contributed by atoms with Crippen molar-refractivity contribution in [3.8, 4) is 0 Å². The number of rotatable bonds is 7. The zero-order valence-corrected chi connectivity index (χ0v) is 16.1. The van der Waals surface area contributed by atoms with Crippen LogP contribution in [0.15, 0.2) is 4.99 Å². The van der Waals surface area contributed by atoms with Gasteiger partial charge in [-0.25, -0.2) is 0 Å². The summed E-state index contributed by atoms with van der Waals surface area (Å²) in [5.41, 5.74) is 0. The fourth-order valence-electron chi connectivity index (χ4n) is 2.44. The molecule has 1 heterocycles. The lowest BCUT2D eigenvalue weighted by atomic mass is 10.1. The zero-order valence-electron chi connectivity index (χ0n) is 13.8. The highest BCUT2D eigenvalue weighted by Crippen LogP contribution is 2.10. The molecule has 0 amide bonds. The van der Waals surface area contributed by atoms with E-state index in [1.165, 1.54) is 38.9 Å². The molecular formula is C15H33IN4O. The fraction of sp³-hybridized carbons (Fsp3) is 0.933. The molecule has 3 N–H and O–H groups in total. The number of nitrogens with zero attached hydrogens (tertiary/aromatic N) is 2. The normalized spacial score (nSPS) is 19.0. The van der Waals surface area contributed by atoms with E-state index < -0.39 is 0 Å². The summed E-state index contributed by atoms with van der Waals surface area (Å²) in [5, 5.41) is 15.9. The third-order valence-corrected chi connectivity index (χ3v) is 3.69. The average Bonchev–Trinajstić information content (AvgIpc) is 2.47. The minimum absolute atomic E-state index is 0. The van der Waals surface area contributed by atoms with Crippen LogP contribution >= 0.6 is 24.0 Å². The Hall–Kier alpha value is -0.0800. The van der Waals surface area contributed by atoms with Crippen LogP contribution in [0.1, 0.15) is 40.0 Å². The summed E-state index contributed by atoms with van der Waals surface area (Å²) in [5.74, 6) is 1.11. The van der Waals surface area contributed by atoms with Crippen LogP contribution in [0.2, 0.25) is 0 Å². The predicted octanol–water partition coefficient (Wildman–Crippen LogP) is 1.66. The van der Waals surface area contributed by atoms with Gasteiger partial charge in [0.2, 0.25) is 0 Å². The molecule has 126 valence electrons. The summed E-state index contributed by atoms with van der Waals surface area (Å²) in [6.07, 6.45) is 3.60. The molecule has 6 heteroatoms. The maximum Gasteiger partial charge on any atom is 0.191 e. The van der Waals surface area contributed by atoms with Crippen molar-refractivity contribution in [1.29, 1.82) is 0 Å². The van der Waals surface area contributed by atoms with Crippen LogP contribution in [-0.4, -0.2) is 61.3 Å². The highest BCUT2D eigenvalue weighted by atomic mass is 127. The van der Waals surface area contributed by atoms with Crippen molar-refractivity contribution in [2.45, 2.75) is 46.1 Å². The van der Waals surface area contributed by atoms with E-state index in [0.717, 1.165) is 12.5 Å². The van der Waals surface area contributed by atoms with Crippen molar-refractivity contribution in [2.24, 2.45) is 10.9 Å². The van der Waals surface area contributed by atoms with E-state index in [4.69, 9.17) is 5.11 Å². The lowest BCUT2D eigenvalue weighted by Gasteiger charge is -2.32. The van der Waals surface area contributed by atoms with Gasteiger partial charge < -0.3 is 20.6 Å². The first-order chi connectivity index (χ1) is 9.69. The Labute approximate surface area is 147 Å². The molecule has 0 aromatic rings. The summed E-state index contributed by atoms with van der Waals surface area (Å²) in [4.78, 5) is 7.09. The number of piperidine rings is 1. The average molecular weight is 412 g/mol. The zero-order chi connectivity index (χ0) is 14.8. The molecule has 0 saturated carbocycles. The highest BCUT2D eigenvalue weighted by molar-refractivity contribution is 14.0. The molecule has 1 rings (SSSR count). The SMILES string of the molecule is CCCN1CCC(NC(=NCC(C)CO)NCC)CC1.I. The van der Waals surface area contributed by atoms with Crippen molar-refractivity contribution < 1.29 is 5.11 Å². The maximum atomic E-state index is 9.06. The Kier molecular flexibility index (Phi) is 12.4. The van der Waals surface area contributed by atoms with Crippen molar-refractivity contribution in [3.05, 3.63) is 0 Å². The molecule has 0 bridgehead atoms. The first-order valence-corrected chi connectivity index (χ1v) is 8.07. The monoisotopic (exact) mass is 412 g/mol. The van der Waals surface area contributed by atoms with Gasteiger partial charge in [-0.2, -0.15) is 0 Å². The van der Waals surface area contributed by atoms with Crippen LogP contribution in [0.4, 0.5) is 0 Å². The van der Waals surface area contributed by atoms with Gasteiger partial charge in [0, 0.05) is 38.8 Å². The molecule has 0 aromatic heterocycles. The molecule has 0 radical (unpaired) electrons. The molecule has 1 aliphatic rings. The van der Waals surface area contributed by atoms with Crippen molar-refractivity contribution in [2.75, 3.05) is 39.3 Å².